The fourth-order valence-electron chi connectivity index (χ4n) is 0. The fourth-order valence-corrected chi connectivity index (χ4v) is 0. The summed E-state index contributed by atoms with van der Waals surface area (Å²) in [7, 11) is 2.47. The van der Waals surface area contributed by atoms with E-state index in [2.05, 4.69) is 4.74 Å². The summed E-state index contributed by atoms with van der Waals surface area (Å²) in [5.74, 6) is 0.255. The molecule has 44 valence electrons. The molecule has 3 heteroatoms. The molecular formula is C4H11NO2. The molecule has 0 unspecified atom stereocenters. The van der Waals surface area contributed by atoms with E-state index in [0.29, 0.717) is 0 Å². The van der Waals surface area contributed by atoms with Crippen molar-refractivity contribution in [3.8, 4) is 0 Å². The van der Waals surface area contributed by atoms with Gasteiger partial charge in [-0.2, -0.15) is 0 Å². The van der Waals surface area contributed by atoms with Crippen LogP contribution in [0.25, 0.3) is 0 Å². The average Bonchev–Trinajstić information content (AvgIpc) is 1.73. The highest BCUT2D eigenvalue weighted by molar-refractivity contribution is 5.68. The molecule has 7 heavy (non-hydrogen) atoms. The van der Waals surface area contributed by atoms with Gasteiger partial charge >= 0.3 is 0 Å². The van der Waals surface area contributed by atoms with E-state index in [0.717, 1.165) is 7.11 Å². The van der Waals surface area contributed by atoms with E-state index >= 15 is 0 Å². The lowest BCUT2D eigenvalue weighted by molar-refractivity contribution is 0.396. The zero-order valence-electron chi connectivity index (χ0n) is 4.86. The van der Waals surface area contributed by atoms with Gasteiger partial charge in [-0.1, -0.05) is 0 Å². The largest absolute Gasteiger partial charge is 0.485 e. The van der Waals surface area contributed by atoms with Crippen LogP contribution in [0.15, 0.2) is 0 Å². The highest BCUT2D eigenvalue weighted by atomic mass is 16.5. The topological polar surface area (TPSA) is 53.3 Å². The summed E-state index contributed by atoms with van der Waals surface area (Å²) in [6, 6.07) is 0. The Morgan fingerprint density at radius 2 is 1.71 bits per heavy atom. The normalized spacial score (nSPS) is 5.71. The van der Waals surface area contributed by atoms with E-state index in [1.165, 1.54) is 7.11 Å². The molecule has 0 aromatic heterocycles. The van der Waals surface area contributed by atoms with Gasteiger partial charge in [0, 0.05) is 14.0 Å². The van der Waals surface area contributed by atoms with E-state index in [1.807, 2.05) is 0 Å². The van der Waals surface area contributed by atoms with E-state index in [9.17, 15) is 0 Å². The monoisotopic (exact) mass is 105 g/mol. The summed E-state index contributed by atoms with van der Waals surface area (Å²) < 4.78 is 4.33. The van der Waals surface area contributed by atoms with Crippen LogP contribution in [0.1, 0.15) is 6.92 Å². The second-order valence-corrected chi connectivity index (χ2v) is 0.760. The van der Waals surface area contributed by atoms with Crippen LogP contribution in [0.4, 0.5) is 0 Å². The lowest BCUT2D eigenvalue weighted by Crippen LogP contribution is -1.87. The number of rotatable bonds is 0. The van der Waals surface area contributed by atoms with Crippen LogP contribution in [0.5, 0.6) is 0 Å². The number of aliphatic hydroxyl groups excluding tert-OH is 1. The zero-order valence-corrected chi connectivity index (χ0v) is 4.86. The van der Waals surface area contributed by atoms with Gasteiger partial charge < -0.3 is 9.84 Å². The first-order chi connectivity index (χ1) is 3.27. The number of ether oxygens (including phenoxy) is 1. The second-order valence-electron chi connectivity index (χ2n) is 0.760. The Morgan fingerprint density at radius 3 is 1.71 bits per heavy atom. The Balaban J connectivity index is 0. The first kappa shape index (κ1) is 9.66. The van der Waals surface area contributed by atoms with Crippen molar-refractivity contribution in [3.63, 3.8) is 0 Å². The average molecular weight is 105 g/mol. The minimum absolute atomic E-state index is 0.255. The van der Waals surface area contributed by atoms with Gasteiger partial charge in [-0.15, -0.1) is 0 Å². The van der Waals surface area contributed by atoms with Gasteiger partial charge in [0.2, 0.25) is 0 Å². The van der Waals surface area contributed by atoms with Crippen molar-refractivity contribution in [2.24, 2.45) is 0 Å². The Morgan fingerprint density at radius 1 is 1.57 bits per heavy atom. The van der Waals surface area contributed by atoms with Gasteiger partial charge in [0.05, 0.1) is 7.11 Å². The maximum Gasteiger partial charge on any atom is 0.176 e. The first-order valence-electron chi connectivity index (χ1n) is 1.81. The van der Waals surface area contributed by atoms with Crippen molar-refractivity contribution < 1.29 is 9.84 Å². The smallest absolute Gasteiger partial charge is 0.176 e. The molecule has 0 heterocycles. The van der Waals surface area contributed by atoms with Crippen LogP contribution in [-0.2, 0) is 4.74 Å². The van der Waals surface area contributed by atoms with Gasteiger partial charge in [0.1, 0.15) is 0 Å². The van der Waals surface area contributed by atoms with Crippen LogP contribution in [0.2, 0.25) is 0 Å². The van der Waals surface area contributed by atoms with Crippen molar-refractivity contribution in [2.75, 3.05) is 14.2 Å². The lowest BCUT2D eigenvalue weighted by Gasteiger charge is -1.85. The quantitative estimate of drug-likeness (QED) is 0.342. The summed E-state index contributed by atoms with van der Waals surface area (Å²) in [6.45, 7) is 1.58. The van der Waals surface area contributed by atoms with Crippen LogP contribution in [0.3, 0.4) is 0 Å². The molecule has 0 amide bonds. The van der Waals surface area contributed by atoms with E-state index in [4.69, 9.17) is 10.5 Å². The highest BCUT2D eigenvalue weighted by Crippen LogP contribution is 1.62. The van der Waals surface area contributed by atoms with E-state index in [-0.39, 0.29) is 5.90 Å². The molecule has 0 saturated heterocycles. The standard InChI is InChI=1S/C3H7NO.CH4O/c1-3(4)5-2;1-2/h4H,1-2H3;2H,1H3. The molecule has 2 N–H and O–H groups in total. The molecule has 0 rings (SSSR count). The number of nitrogens with one attached hydrogen (secondary N) is 1. The van der Waals surface area contributed by atoms with E-state index < -0.39 is 0 Å². The van der Waals surface area contributed by atoms with Crippen LogP contribution in [-0.4, -0.2) is 25.2 Å². The molecule has 0 spiro atoms. The van der Waals surface area contributed by atoms with Crippen molar-refractivity contribution in [2.45, 2.75) is 6.92 Å². The highest BCUT2D eigenvalue weighted by Gasteiger charge is 1.68. The molecule has 0 aliphatic carbocycles. The molecule has 0 radical (unpaired) electrons. The van der Waals surface area contributed by atoms with Crippen molar-refractivity contribution in [1.82, 2.24) is 0 Å². The van der Waals surface area contributed by atoms with Crippen LogP contribution in [0, 0.1) is 5.41 Å². The predicted octanol–water partition coefficient (Wildman–Crippen LogP) is 0.238. The number of methoxy groups -OCH3 is 1. The van der Waals surface area contributed by atoms with Gasteiger partial charge in [-0.05, 0) is 0 Å². The van der Waals surface area contributed by atoms with Crippen molar-refractivity contribution in [1.29, 1.82) is 5.41 Å². The van der Waals surface area contributed by atoms with Gasteiger partial charge in [0.25, 0.3) is 0 Å². The van der Waals surface area contributed by atoms with E-state index in [1.54, 1.807) is 6.92 Å². The lowest BCUT2D eigenvalue weighted by atomic mass is 10.8. The second kappa shape index (κ2) is 9.06. The molecule has 0 bridgehead atoms. The Labute approximate surface area is 43.4 Å². The third-order valence-corrected chi connectivity index (χ3v) is 0.306. The summed E-state index contributed by atoms with van der Waals surface area (Å²) in [5, 5.41) is 13.5. The maximum absolute atomic E-state index is 7.00. The van der Waals surface area contributed by atoms with Crippen LogP contribution < -0.4 is 0 Å². The Hall–Kier alpha value is -0.570. The molecule has 0 atom stereocenters. The van der Waals surface area contributed by atoms with Gasteiger partial charge in [0.15, 0.2) is 5.90 Å². The van der Waals surface area contributed by atoms with Gasteiger partial charge in [-0.3, -0.25) is 5.41 Å². The zero-order chi connectivity index (χ0) is 6.28. The number of hydrogen-bond acceptors (Lipinski definition) is 3. The third kappa shape index (κ3) is 31.2. The SMILES string of the molecule is CO.COC(C)=N. The fraction of sp³-hybridized carbons (Fsp3) is 0.750. The minimum atomic E-state index is 0.255. The molecule has 0 saturated carbocycles. The molecule has 3 nitrogen and oxygen atoms in total. The molecular weight excluding hydrogens is 94.0 g/mol. The summed E-state index contributed by atoms with van der Waals surface area (Å²) in [4.78, 5) is 0. The van der Waals surface area contributed by atoms with Gasteiger partial charge in [-0.25, -0.2) is 0 Å². The Bertz CT molecular complexity index is 45.0. The predicted molar refractivity (Wildman–Crippen MR) is 28.6 cm³/mol. The minimum Gasteiger partial charge on any atom is -0.485 e. The third-order valence-electron chi connectivity index (χ3n) is 0.306. The summed E-state index contributed by atoms with van der Waals surface area (Å²) in [6.07, 6.45) is 0. The molecule has 0 fully saturated rings. The maximum atomic E-state index is 7.00. The van der Waals surface area contributed by atoms with Crippen LogP contribution >= 0.6 is 0 Å². The first-order valence-corrected chi connectivity index (χ1v) is 1.81. The summed E-state index contributed by atoms with van der Waals surface area (Å²) in [5.41, 5.74) is 0. The van der Waals surface area contributed by atoms with Crippen molar-refractivity contribution >= 4 is 5.90 Å². The molecule has 0 aromatic carbocycles. The molecule has 0 aromatic rings. The number of aliphatic hydroxyl groups is 1. The molecule has 0 aliphatic heterocycles. The Kier molecular flexibility index (Phi) is 12.5. The molecule has 0 aliphatic rings. The van der Waals surface area contributed by atoms with Crippen molar-refractivity contribution in [3.05, 3.63) is 0 Å². The number of hydrogen-bond donors (Lipinski definition) is 2. The summed E-state index contributed by atoms with van der Waals surface area (Å²) >= 11 is 0.